The van der Waals surface area contributed by atoms with Gasteiger partial charge in [0.15, 0.2) is 0 Å². The van der Waals surface area contributed by atoms with E-state index in [4.69, 9.17) is 0 Å². The fourth-order valence-corrected chi connectivity index (χ4v) is 5.91. The van der Waals surface area contributed by atoms with Gasteiger partial charge in [0.1, 0.15) is 0 Å². The highest BCUT2D eigenvalue weighted by molar-refractivity contribution is 7.26. The van der Waals surface area contributed by atoms with Crippen molar-refractivity contribution < 1.29 is 0 Å². The molecule has 0 atom stereocenters. The Morgan fingerprint density at radius 3 is 2.34 bits per heavy atom. The van der Waals surface area contributed by atoms with Crippen LogP contribution in [0, 0.1) is 12.1 Å². The van der Waals surface area contributed by atoms with Crippen molar-refractivity contribution in [2.75, 3.05) is 0 Å². The lowest BCUT2D eigenvalue weighted by Crippen LogP contribution is -1.81. The van der Waals surface area contributed by atoms with Crippen LogP contribution < -0.4 is 0 Å². The fraction of sp³-hybridized carbons (Fsp3) is 0. The topological polar surface area (TPSA) is 15.8 Å². The van der Waals surface area contributed by atoms with E-state index >= 15 is 0 Å². The van der Waals surface area contributed by atoms with Gasteiger partial charge in [0.2, 0.25) is 0 Å². The molecule has 0 unspecified atom stereocenters. The van der Waals surface area contributed by atoms with Crippen LogP contribution in [0.5, 0.6) is 0 Å². The van der Waals surface area contributed by atoms with Crippen LogP contribution in [0.4, 0.5) is 0 Å². The molecule has 7 aromatic rings. The summed E-state index contributed by atoms with van der Waals surface area (Å²) < 4.78 is 2.57. The zero-order valence-corrected chi connectivity index (χ0v) is 18.0. The first-order valence-electron chi connectivity index (χ1n) is 10.7. The zero-order valence-electron chi connectivity index (χ0n) is 17.1. The molecule has 148 valence electrons. The van der Waals surface area contributed by atoms with E-state index in [9.17, 15) is 0 Å². The van der Waals surface area contributed by atoms with Crippen molar-refractivity contribution in [2.24, 2.45) is 0 Å². The molecule has 0 spiro atoms. The number of aromatic nitrogens is 1. The molecule has 2 heteroatoms. The molecule has 1 nitrogen and oxygen atoms in total. The van der Waals surface area contributed by atoms with E-state index in [1.54, 1.807) is 0 Å². The second kappa shape index (κ2) is 6.72. The second-order valence-electron chi connectivity index (χ2n) is 8.13. The minimum Gasteiger partial charge on any atom is -0.355 e. The summed E-state index contributed by atoms with van der Waals surface area (Å²) in [6, 6.07) is 41.1. The molecule has 0 aliphatic rings. The van der Waals surface area contributed by atoms with Gasteiger partial charge < -0.3 is 4.98 Å². The molecular weight excluding hydrogens is 406 g/mol. The lowest BCUT2D eigenvalue weighted by atomic mass is 9.98. The Kier molecular flexibility index (Phi) is 3.70. The molecule has 1 N–H and O–H groups in total. The lowest BCUT2D eigenvalue weighted by molar-refractivity contribution is 1.54. The average Bonchev–Trinajstić information content (AvgIpc) is 3.42. The van der Waals surface area contributed by atoms with Crippen molar-refractivity contribution in [2.45, 2.75) is 0 Å². The largest absolute Gasteiger partial charge is 0.355 e. The third kappa shape index (κ3) is 2.59. The van der Waals surface area contributed by atoms with Gasteiger partial charge in [-0.2, -0.15) is 0 Å². The van der Waals surface area contributed by atoms with Gasteiger partial charge in [-0.25, -0.2) is 0 Å². The monoisotopic (exact) mass is 423 g/mol. The van der Waals surface area contributed by atoms with E-state index in [1.165, 1.54) is 58.8 Å². The zero-order chi connectivity index (χ0) is 21.1. The number of hydrogen-bond acceptors (Lipinski definition) is 1. The van der Waals surface area contributed by atoms with Gasteiger partial charge in [-0.05, 0) is 52.6 Å². The number of hydrogen-bond donors (Lipinski definition) is 1. The maximum absolute atomic E-state index is 3.51. The molecule has 0 aliphatic heterocycles. The summed E-state index contributed by atoms with van der Waals surface area (Å²) in [6.45, 7) is 0. The number of para-hydroxylation sites is 1. The first-order chi connectivity index (χ1) is 15.8. The van der Waals surface area contributed by atoms with Crippen LogP contribution in [0.15, 0.2) is 97.1 Å². The van der Waals surface area contributed by atoms with Gasteiger partial charge in [-0.15, -0.1) is 11.3 Å². The number of aromatic amines is 1. The van der Waals surface area contributed by atoms with E-state index in [-0.39, 0.29) is 0 Å². The molecule has 2 aromatic heterocycles. The number of nitrogens with one attached hydrogen (secondary N) is 1. The van der Waals surface area contributed by atoms with Gasteiger partial charge in [-0.3, -0.25) is 0 Å². The molecule has 32 heavy (non-hydrogen) atoms. The smallest absolute Gasteiger partial charge is 0.0508 e. The van der Waals surface area contributed by atoms with Crippen molar-refractivity contribution in [3.63, 3.8) is 0 Å². The first-order valence-corrected chi connectivity index (χ1v) is 11.5. The van der Waals surface area contributed by atoms with Crippen LogP contribution in [-0.2, 0) is 0 Å². The average molecular weight is 424 g/mol. The highest BCUT2D eigenvalue weighted by Crippen LogP contribution is 2.39. The van der Waals surface area contributed by atoms with Crippen molar-refractivity contribution in [3.8, 4) is 22.3 Å². The number of thiophene rings is 1. The molecule has 0 saturated carbocycles. The molecule has 0 amide bonds. The summed E-state index contributed by atoms with van der Waals surface area (Å²) in [4.78, 5) is 3.51. The van der Waals surface area contributed by atoms with E-state index in [1.807, 2.05) is 17.4 Å². The van der Waals surface area contributed by atoms with Crippen LogP contribution in [0.25, 0.3) is 64.2 Å². The Balaban J connectivity index is 1.34. The molecule has 2 heterocycles. The maximum atomic E-state index is 3.51. The SMILES string of the molecule is c1ccc2sc3c(-c4ccc(-c5ccc6[nH]c7ccccc7c6c5)cc4)cccc3c2c#1. The van der Waals surface area contributed by atoms with Crippen LogP contribution in [0.1, 0.15) is 0 Å². The van der Waals surface area contributed by atoms with Gasteiger partial charge in [0.05, 0.1) is 5.39 Å². The van der Waals surface area contributed by atoms with Crippen LogP contribution >= 0.6 is 11.3 Å². The Hall–Kier alpha value is -4.06. The van der Waals surface area contributed by atoms with E-state index in [0.717, 1.165) is 5.39 Å². The molecule has 0 radical (unpaired) electrons. The van der Waals surface area contributed by atoms with Gasteiger partial charge in [0.25, 0.3) is 0 Å². The van der Waals surface area contributed by atoms with E-state index < -0.39 is 0 Å². The molecular formula is C30H17NS. The Bertz CT molecular complexity index is 1770. The summed E-state index contributed by atoms with van der Waals surface area (Å²) in [5, 5.41) is 4.96. The number of fused-ring (bicyclic) bond motifs is 6. The summed E-state index contributed by atoms with van der Waals surface area (Å²) >= 11 is 1.83. The molecule has 0 fully saturated rings. The van der Waals surface area contributed by atoms with Crippen LogP contribution in [0.3, 0.4) is 0 Å². The highest BCUT2D eigenvalue weighted by Gasteiger charge is 2.11. The van der Waals surface area contributed by atoms with Gasteiger partial charge in [0, 0.05) is 36.6 Å². The molecule has 0 aliphatic carbocycles. The second-order valence-corrected chi connectivity index (χ2v) is 9.19. The predicted octanol–water partition coefficient (Wildman–Crippen LogP) is 8.62. The predicted molar refractivity (Wildman–Crippen MR) is 137 cm³/mol. The number of rotatable bonds is 2. The summed E-state index contributed by atoms with van der Waals surface area (Å²) in [6.07, 6.45) is 0. The Morgan fingerprint density at radius 2 is 1.41 bits per heavy atom. The Labute approximate surface area is 189 Å². The van der Waals surface area contributed by atoms with Crippen molar-refractivity contribution in [1.29, 1.82) is 0 Å². The van der Waals surface area contributed by atoms with Crippen molar-refractivity contribution in [3.05, 3.63) is 109 Å². The quantitative estimate of drug-likeness (QED) is 0.286. The summed E-state index contributed by atoms with van der Waals surface area (Å²) in [5.41, 5.74) is 7.34. The first kappa shape index (κ1) is 17.6. The summed E-state index contributed by atoms with van der Waals surface area (Å²) in [5.74, 6) is 0. The third-order valence-corrected chi connectivity index (χ3v) is 7.50. The minimum atomic E-state index is 1.16. The van der Waals surface area contributed by atoms with E-state index in [2.05, 4.69) is 108 Å². The number of benzene rings is 4. The van der Waals surface area contributed by atoms with Crippen molar-refractivity contribution in [1.82, 2.24) is 4.98 Å². The third-order valence-electron chi connectivity index (χ3n) is 6.29. The standard InChI is InChI=1S/C30H17NS/c1-3-10-27-23(6-1)26-18-21(16-17-28(26)31-27)19-12-14-20(15-13-19)22-8-5-9-25-24-7-2-4-11-29(24)32-30(22)25/h1,3-6,8-18,31H. The van der Waals surface area contributed by atoms with Gasteiger partial charge >= 0.3 is 0 Å². The van der Waals surface area contributed by atoms with E-state index in [0.29, 0.717) is 0 Å². The molecule has 5 aromatic carbocycles. The minimum absolute atomic E-state index is 1.16. The van der Waals surface area contributed by atoms with Crippen LogP contribution in [-0.4, -0.2) is 4.98 Å². The molecule has 0 bridgehead atoms. The maximum Gasteiger partial charge on any atom is 0.0508 e. The molecule has 7 rings (SSSR count). The highest BCUT2D eigenvalue weighted by atomic mass is 32.1. The van der Waals surface area contributed by atoms with Crippen molar-refractivity contribution >= 4 is 53.3 Å². The molecule has 0 saturated heterocycles. The lowest BCUT2D eigenvalue weighted by Gasteiger charge is -2.07. The number of H-pyrrole nitrogens is 1. The van der Waals surface area contributed by atoms with Crippen LogP contribution in [0.2, 0.25) is 0 Å². The van der Waals surface area contributed by atoms with Gasteiger partial charge in [-0.1, -0.05) is 78.9 Å². The Morgan fingerprint density at radius 1 is 0.625 bits per heavy atom. The summed E-state index contributed by atoms with van der Waals surface area (Å²) in [7, 11) is 0. The normalized spacial score (nSPS) is 11.5. The fourth-order valence-electron chi connectivity index (χ4n) is 4.71.